The molecule has 1 unspecified atom stereocenters. The summed E-state index contributed by atoms with van der Waals surface area (Å²) in [7, 11) is 0. The molecule has 1 saturated carbocycles. The molecule has 2 aromatic heterocycles. The number of hydrogen-bond donors (Lipinski definition) is 3. The van der Waals surface area contributed by atoms with Gasteiger partial charge in [-0.05, 0) is 32.3 Å². The maximum absolute atomic E-state index is 4.62. The molecule has 6 nitrogen and oxygen atoms in total. The molecule has 4 rings (SSSR count). The van der Waals surface area contributed by atoms with E-state index >= 15 is 0 Å². The lowest BCUT2D eigenvalue weighted by Crippen LogP contribution is -2.10. The van der Waals surface area contributed by atoms with Crippen LogP contribution in [0.15, 0.2) is 42.6 Å². The zero-order chi connectivity index (χ0) is 17.2. The van der Waals surface area contributed by atoms with E-state index in [0.717, 1.165) is 17.2 Å². The smallest absolute Gasteiger partial charge is 0.225 e. The van der Waals surface area contributed by atoms with E-state index in [1.54, 1.807) is 0 Å². The molecule has 0 aliphatic heterocycles. The zero-order valence-corrected chi connectivity index (χ0v) is 14.5. The Balaban J connectivity index is 1.49. The SMILES string of the molecule is Cc1cnc(NC(C)c2ccccc2)nc1Nc1cc(C2CC2)[nH]n1. The Labute approximate surface area is 147 Å². The number of benzene rings is 1. The van der Waals surface area contributed by atoms with Crippen molar-refractivity contribution >= 4 is 17.6 Å². The van der Waals surface area contributed by atoms with E-state index in [1.807, 2.05) is 31.3 Å². The van der Waals surface area contributed by atoms with Crippen LogP contribution in [0.2, 0.25) is 0 Å². The predicted molar refractivity (Wildman–Crippen MR) is 99.1 cm³/mol. The van der Waals surface area contributed by atoms with Gasteiger partial charge in [-0.15, -0.1) is 0 Å². The molecule has 2 heterocycles. The van der Waals surface area contributed by atoms with E-state index in [0.29, 0.717) is 11.9 Å². The van der Waals surface area contributed by atoms with Crippen molar-refractivity contribution in [1.29, 1.82) is 0 Å². The van der Waals surface area contributed by atoms with Gasteiger partial charge in [0, 0.05) is 29.4 Å². The molecular weight excluding hydrogens is 312 g/mol. The number of aromatic nitrogens is 4. The highest BCUT2D eigenvalue weighted by atomic mass is 15.2. The summed E-state index contributed by atoms with van der Waals surface area (Å²) in [6, 6.07) is 12.5. The summed E-state index contributed by atoms with van der Waals surface area (Å²) in [6.07, 6.45) is 4.32. The minimum atomic E-state index is 0.128. The van der Waals surface area contributed by atoms with E-state index in [4.69, 9.17) is 0 Å². The van der Waals surface area contributed by atoms with Crippen LogP contribution in [0.1, 0.15) is 48.5 Å². The fourth-order valence-electron chi connectivity index (χ4n) is 2.78. The minimum absolute atomic E-state index is 0.128. The Morgan fingerprint density at radius 3 is 2.76 bits per heavy atom. The molecule has 1 aliphatic carbocycles. The van der Waals surface area contributed by atoms with Crippen molar-refractivity contribution < 1.29 is 0 Å². The summed E-state index contributed by atoms with van der Waals surface area (Å²) in [5, 5.41) is 14.1. The van der Waals surface area contributed by atoms with Gasteiger partial charge in [0.05, 0.1) is 6.04 Å². The molecule has 0 spiro atoms. The molecule has 0 radical (unpaired) electrons. The number of hydrogen-bond acceptors (Lipinski definition) is 5. The summed E-state index contributed by atoms with van der Waals surface area (Å²) >= 11 is 0. The van der Waals surface area contributed by atoms with Crippen molar-refractivity contribution in [2.75, 3.05) is 10.6 Å². The van der Waals surface area contributed by atoms with Crippen molar-refractivity contribution in [3.63, 3.8) is 0 Å². The molecule has 1 aromatic carbocycles. The molecule has 128 valence electrons. The summed E-state index contributed by atoms with van der Waals surface area (Å²) < 4.78 is 0. The second-order valence-corrected chi connectivity index (χ2v) is 6.61. The van der Waals surface area contributed by atoms with Gasteiger partial charge in [0.15, 0.2) is 5.82 Å². The van der Waals surface area contributed by atoms with Crippen LogP contribution in [0.25, 0.3) is 0 Å². The average Bonchev–Trinajstić information content (AvgIpc) is 3.38. The lowest BCUT2D eigenvalue weighted by molar-refractivity contribution is 0.860. The lowest BCUT2D eigenvalue weighted by Gasteiger charge is -2.15. The highest BCUT2D eigenvalue weighted by Gasteiger charge is 2.25. The minimum Gasteiger partial charge on any atom is -0.348 e. The standard InChI is InChI=1S/C19H22N6/c1-12-11-20-19(21-13(2)14-6-4-3-5-7-14)23-18(12)22-17-10-16(24-25-17)15-8-9-15/h3-7,10-11,13,15H,8-9H2,1-2H3,(H3,20,21,22,23,24,25). The van der Waals surface area contributed by atoms with Crippen molar-refractivity contribution in [1.82, 2.24) is 20.2 Å². The van der Waals surface area contributed by atoms with Gasteiger partial charge in [-0.3, -0.25) is 5.10 Å². The average molecular weight is 334 g/mol. The van der Waals surface area contributed by atoms with Gasteiger partial charge in [0.1, 0.15) is 5.82 Å². The quantitative estimate of drug-likeness (QED) is 0.626. The summed E-state index contributed by atoms with van der Waals surface area (Å²) in [6.45, 7) is 4.09. The van der Waals surface area contributed by atoms with Crippen LogP contribution in [-0.4, -0.2) is 20.2 Å². The normalized spacial score (nSPS) is 15.0. The zero-order valence-electron chi connectivity index (χ0n) is 14.5. The summed E-state index contributed by atoms with van der Waals surface area (Å²) in [4.78, 5) is 9.01. The van der Waals surface area contributed by atoms with E-state index < -0.39 is 0 Å². The maximum atomic E-state index is 4.62. The number of aryl methyl sites for hydroxylation is 1. The predicted octanol–water partition coefficient (Wildman–Crippen LogP) is 4.30. The highest BCUT2D eigenvalue weighted by molar-refractivity contribution is 5.57. The number of rotatable bonds is 6. The van der Waals surface area contributed by atoms with Crippen molar-refractivity contribution in [2.45, 2.75) is 38.6 Å². The second-order valence-electron chi connectivity index (χ2n) is 6.61. The van der Waals surface area contributed by atoms with Gasteiger partial charge < -0.3 is 10.6 Å². The molecule has 1 aliphatic rings. The number of anilines is 3. The van der Waals surface area contributed by atoms with Gasteiger partial charge in [0.2, 0.25) is 5.95 Å². The fourth-order valence-corrected chi connectivity index (χ4v) is 2.78. The molecular formula is C19H22N6. The monoisotopic (exact) mass is 334 g/mol. The Bertz CT molecular complexity index is 853. The van der Waals surface area contributed by atoms with Crippen molar-refractivity contribution in [3.8, 4) is 0 Å². The Morgan fingerprint density at radius 1 is 1.20 bits per heavy atom. The number of nitrogens with one attached hydrogen (secondary N) is 3. The Morgan fingerprint density at radius 2 is 2.00 bits per heavy atom. The van der Waals surface area contributed by atoms with E-state index in [-0.39, 0.29) is 6.04 Å². The van der Waals surface area contributed by atoms with Gasteiger partial charge in [-0.25, -0.2) is 4.98 Å². The van der Waals surface area contributed by atoms with Gasteiger partial charge in [-0.1, -0.05) is 30.3 Å². The second kappa shape index (κ2) is 6.55. The van der Waals surface area contributed by atoms with Crippen LogP contribution in [0, 0.1) is 6.92 Å². The Kier molecular flexibility index (Phi) is 4.09. The van der Waals surface area contributed by atoms with Crippen LogP contribution in [0.3, 0.4) is 0 Å². The first kappa shape index (κ1) is 15.6. The summed E-state index contributed by atoms with van der Waals surface area (Å²) in [5.74, 6) is 2.82. The third kappa shape index (κ3) is 3.63. The fraction of sp³-hybridized carbons (Fsp3) is 0.316. The van der Waals surface area contributed by atoms with Crippen LogP contribution in [-0.2, 0) is 0 Å². The van der Waals surface area contributed by atoms with Crippen LogP contribution < -0.4 is 10.6 Å². The highest BCUT2D eigenvalue weighted by Crippen LogP contribution is 2.39. The van der Waals surface area contributed by atoms with Crippen LogP contribution in [0.4, 0.5) is 17.6 Å². The first-order valence-electron chi connectivity index (χ1n) is 8.66. The number of aromatic amines is 1. The lowest BCUT2D eigenvalue weighted by atomic mass is 10.1. The molecule has 0 saturated heterocycles. The third-order valence-corrected chi connectivity index (χ3v) is 4.48. The Hall–Kier alpha value is -2.89. The molecule has 1 atom stereocenters. The molecule has 0 bridgehead atoms. The molecule has 1 fully saturated rings. The third-order valence-electron chi connectivity index (χ3n) is 4.48. The van der Waals surface area contributed by atoms with Gasteiger partial charge in [0.25, 0.3) is 0 Å². The number of nitrogens with zero attached hydrogens (tertiary/aromatic N) is 3. The van der Waals surface area contributed by atoms with Gasteiger partial charge >= 0.3 is 0 Å². The van der Waals surface area contributed by atoms with Crippen molar-refractivity contribution in [3.05, 3.63) is 59.4 Å². The topological polar surface area (TPSA) is 78.5 Å². The maximum Gasteiger partial charge on any atom is 0.225 e. The van der Waals surface area contributed by atoms with Gasteiger partial charge in [-0.2, -0.15) is 10.1 Å². The first-order chi connectivity index (χ1) is 12.2. The van der Waals surface area contributed by atoms with Crippen molar-refractivity contribution in [2.24, 2.45) is 0 Å². The molecule has 0 amide bonds. The molecule has 25 heavy (non-hydrogen) atoms. The van der Waals surface area contributed by atoms with E-state index in [1.165, 1.54) is 24.1 Å². The molecule has 6 heteroatoms. The van der Waals surface area contributed by atoms with Crippen LogP contribution in [0.5, 0.6) is 0 Å². The summed E-state index contributed by atoms with van der Waals surface area (Å²) in [5.41, 5.74) is 3.38. The van der Waals surface area contributed by atoms with E-state index in [9.17, 15) is 0 Å². The van der Waals surface area contributed by atoms with E-state index in [2.05, 4.69) is 55.9 Å². The van der Waals surface area contributed by atoms with Crippen LogP contribution >= 0.6 is 0 Å². The molecule has 3 N–H and O–H groups in total. The largest absolute Gasteiger partial charge is 0.348 e. The molecule has 3 aromatic rings. The first-order valence-corrected chi connectivity index (χ1v) is 8.66. The number of H-pyrrole nitrogens is 1.